The summed E-state index contributed by atoms with van der Waals surface area (Å²) in [6.45, 7) is 3.18. The molecule has 4 heteroatoms. The van der Waals surface area contributed by atoms with Gasteiger partial charge in [0.25, 0.3) is 0 Å². The van der Waals surface area contributed by atoms with Crippen LogP contribution in [-0.2, 0) is 18.0 Å². The molecule has 0 spiro atoms. The van der Waals surface area contributed by atoms with E-state index in [9.17, 15) is 9.90 Å². The van der Waals surface area contributed by atoms with Crippen LogP contribution in [0.25, 0.3) is 0 Å². The molecule has 0 bridgehead atoms. The molecule has 0 saturated carbocycles. The topological polar surface area (TPSA) is 66.8 Å². The van der Waals surface area contributed by atoms with E-state index in [1.165, 1.54) is 63.9 Å². The molecule has 2 N–H and O–H groups in total. The number of carboxylic acid groups (broad SMARTS) is 1. The molecule has 1 aromatic rings. The first-order valence-electron chi connectivity index (χ1n) is 9.72. The summed E-state index contributed by atoms with van der Waals surface area (Å²) in [6, 6.07) is 4.90. The Bertz CT molecular complexity index is 485. The van der Waals surface area contributed by atoms with E-state index in [1.54, 1.807) is 12.1 Å². The lowest BCUT2D eigenvalue weighted by molar-refractivity contribution is 0.0696. The maximum absolute atomic E-state index is 11.1. The number of ether oxygens (including phenoxy) is 1. The highest BCUT2D eigenvalue weighted by molar-refractivity contribution is 5.88. The molecule has 0 atom stereocenters. The smallest absolute Gasteiger partial charge is 0.335 e. The number of aliphatic hydroxyl groups is 1. The zero-order valence-electron chi connectivity index (χ0n) is 15.6. The maximum atomic E-state index is 11.1. The lowest BCUT2D eigenvalue weighted by Gasteiger charge is -2.08. The van der Waals surface area contributed by atoms with Crippen LogP contribution >= 0.6 is 0 Å². The second-order valence-electron chi connectivity index (χ2n) is 6.74. The van der Waals surface area contributed by atoms with Gasteiger partial charge in [-0.05, 0) is 29.7 Å². The van der Waals surface area contributed by atoms with Crippen LogP contribution in [0.15, 0.2) is 18.2 Å². The van der Waals surface area contributed by atoms with E-state index in [1.807, 2.05) is 0 Å². The van der Waals surface area contributed by atoms with Gasteiger partial charge in [-0.25, -0.2) is 4.79 Å². The number of rotatable bonds is 15. The third-order valence-electron chi connectivity index (χ3n) is 4.39. The lowest BCUT2D eigenvalue weighted by atomic mass is 10.1. The standard InChI is InChI=1S/C21H34O4/c1-2-3-4-5-6-7-8-9-10-11-12-25-17-19-13-18(16-22)14-20(15-19)21(23)24/h13-15,22H,2-12,16-17H2,1H3,(H,23,24). The van der Waals surface area contributed by atoms with Crippen LogP contribution in [0.4, 0.5) is 0 Å². The highest BCUT2D eigenvalue weighted by atomic mass is 16.5. The molecule has 0 aliphatic carbocycles. The van der Waals surface area contributed by atoms with E-state index in [0.29, 0.717) is 18.8 Å². The van der Waals surface area contributed by atoms with E-state index < -0.39 is 5.97 Å². The molecule has 0 aromatic heterocycles. The van der Waals surface area contributed by atoms with Gasteiger partial charge in [0.1, 0.15) is 0 Å². The molecule has 1 rings (SSSR count). The second kappa shape index (κ2) is 13.9. The number of benzene rings is 1. The summed E-state index contributed by atoms with van der Waals surface area (Å²) in [5, 5.41) is 18.3. The van der Waals surface area contributed by atoms with Gasteiger partial charge in [0.15, 0.2) is 0 Å². The third-order valence-corrected chi connectivity index (χ3v) is 4.39. The van der Waals surface area contributed by atoms with Gasteiger partial charge < -0.3 is 14.9 Å². The molecule has 0 unspecified atom stereocenters. The molecule has 0 aliphatic rings. The van der Waals surface area contributed by atoms with E-state index in [0.717, 1.165) is 12.0 Å². The van der Waals surface area contributed by atoms with Crippen LogP contribution in [0, 0.1) is 0 Å². The van der Waals surface area contributed by atoms with Crippen molar-refractivity contribution in [1.29, 1.82) is 0 Å². The van der Waals surface area contributed by atoms with Gasteiger partial charge in [-0.1, -0.05) is 70.8 Å². The zero-order valence-corrected chi connectivity index (χ0v) is 15.6. The first-order chi connectivity index (χ1) is 12.2. The number of carboxylic acids is 1. The van der Waals surface area contributed by atoms with Crippen LogP contribution in [0.2, 0.25) is 0 Å². The normalized spacial score (nSPS) is 11.0. The Morgan fingerprint density at radius 3 is 2.00 bits per heavy atom. The minimum atomic E-state index is -0.980. The molecule has 0 radical (unpaired) electrons. The molecule has 0 saturated heterocycles. The van der Waals surface area contributed by atoms with Crippen LogP contribution < -0.4 is 0 Å². The number of aromatic carboxylic acids is 1. The van der Waals surface area contributed by atoms with Gasteiger partial charge in [0.05, 0.1) is 18.8 Å². The van der Waals surface area contributed by atoms with Crippen molar-refractivity contribution in [3.05, 3.63) is 34.9 Å². The van der Waals surface area contributed by atoms with Crippen molar-refractivity contribution >= 4 is 5.97 Å². The summed E-state index contributed by atoms with van der Waals surface area (Å²) in [5.41, 5.74) is 1.61. The van der Waals surface area contributed by atoms with Gasteiger partial charge in [0.2, 0.25) is 0 Å². The van der Waals surface area contributed by atoms with Crippen LogP contribution in [0.1, 0.15) is 92.6 Å². The fourth-order valence-corrected chi connectivity index (χ4v) is 2.94. The van der Waals surface area contributed by atoms with E-state index in [4.69, 9.17) is 9.84 Å². The summed E-state index contributed by atoms with van der Waals surface area (Å²) >= 11 is 0. The Morgan fingerprint density at radius 2 is 1.44 bits per heavy atom. The molecule has 0 amide bonds. The molecule has 142 valence electrons. The summed E-state index contributed by atoms with van der Waals surface area (Å²) < 4.78 is 5.65. The van der Waals surface area contributed by atoms with Crippen molar-refractivity contribution in [2.45, 2.75) is 84.3 Å². The largest absolute Gasteiger partial charge is 0.478 e. The monoisotopic (exact) mass is 350 g/mol. The lowest BCUT2D eigenvalue weighted by Crippen LogP contribution is -2.02. The highest BCUT2D eigenvalue weighted by Crippen LogP contribution is 2.13. The Morgan fingerprint density at radius 1 is 0.880 bits per heavy atom. The minimum Gasteiger partial charge on any atom is -0.478 e. The van der Waals surface area contributed by atoms with Gasteiger partial charge >= 0.3 is 5.97 Å². The van der Waals surface area contributed by atoms with Crippen molar-refractivity contribution < 1.29 is 19.7 Å². The predicted octanol–water partition coefficient (Wildman–Crippen LogP) is 5.31. The summed E-state index contributed by atoms with van der Waals surface area (Å²) in [4.78, 5) is 11.1. The van der Waals surface area contributed by atoms with Gasteiger partial charge in [-0.3, -0.25) is 0 Å². The van der Waals surface area contributed by atoms with Crippen molar-refractivity contribution in [3.63, 3.8) is 0 Å². The Hall–Kier alpha value is -1.39. The minimum absolute atomic E-state index is 0.160. The fraction of sp³-hybridized carbons (Fsp3) is 0.667. The van der Waals surface area contributed by atoms with Crippen LogP contribution in [-0.4, -0.2) is 22.8 Å². The Kier molecular flexibility index (Phi) is 12.0. The average molecular weight is 350 g/mol. The number of aliphatic hydroxyl groups excluding tert-OH is 1. The highest BCUT2D eigenvalue weighted by Gasteiger charge is 2.07. The maximum Gasteiger partial charge on any atom is 0.335 e. The molecule has 4 nitrogen and oxygen atoms in total. The molecule has 25 heavy (non-hydrogen) atoms. The van der Waals surface area contributed by atoms with Gasteiger partial charge in [0, 0.05) is 6.61 Å². The molecule has 0 aliphatic heterocycles. The zero-order chi connectivity index (χ0) is 18.3. The first-order valence-corrected chi connectivity index (χ1v) is 9.72. The van der Waals surface area contributed by atoms with Crippen LogP contribution in [0.5, 0.6) is 0 Å². The van der Waals surface area contributed by atoms with Gasteiger partial charge in [-0.2, -0.15) is 0 Å². The number of unbranched alkanes of at least 4 members (excludes halogenated alkanes) is 9. The molecular weight excluding hydrogens is 316 g/mol. The molecule has 1 aromatic carbocycles. The quantitative estimate of drug-likeness (QED) is 0.420. The first kappa shape index (κ1) is 21.7. The van der Waals surface area contributed by atoms with Crippen molar-refractivity contribution in [1.82, 2.24) is 0 Å². The summed E-state index contributed by atoms with van der Waals surface area (Å²) in [6.07, 6.45) is 12.9. The fourth-order valence-electron chi connectivity index (χ4n) is 2.94. The molecular formula is C21H34O4. The van der Waals surface area contributed by atoms with Crippen molar-refractivity contribution in [3.8, 4) is 0 Å². The van der Waals surface area contributed by atoms with E-state index in [-0.39, 0.29) is 12.2 Å². The molecule has 0 heterocycles. The second-order valence-corrected chi connectivity index (χ2v) is 6.74. The van der Waals surface area contributed by atoms with E-state index in [2.05, 4.69) is 6.92 Å². The number of hydrogen-bond acceptors (Lipinski definition) is 3. The Balaban J connectivity index is 2.08. The molecule has 0 fully saturated rings. The third kappa shape index (κ3) is 10.3. The number of carbonyl (C=O) groups is 1. The average Bonchev–Trinajstić information content (AvgIpc) is 2.62. The summed E-state index contributed by atoms with van der Waals surface area (Å²) in [5.74, 6) is -0.980. The summed E-state index contributed by atoms with van der Waals surface area (Å²) in [7, 11) is 0. The van der Waals surface area contributed by atoms with Gasteiger partial charge in [-0.15, -0.1) is 0 Å². The Labute approximate surface area is 152 Å². The van der Waals surface area contributed by atoms with Crippen LogP contribution in [0.3, 0.4) is 0 Å². The van der Waals surface area contributed by atoms with E-state index >= 15 is 0 Å². The van der Waals surface area contributed by atoms with Crippen molar-refractivity contribution in [2.75, 3.05) is 6.61 Å². The number of hydrogen-bond donors (Lipinski definition) is 2. The predicted molar refractivity (Wildman–Crippen MR) is 101 cm³/mol. The SMILES string of the molecule is CCCCCCCCCCCCOCc1cc(CO)cc(C(=O)O)c1. The van der Waals surface area contributed by atoms with Crippen molar-refractivity contribution in [2.24, 2.45) is 0 Å².